The van der Waals surface area contributed by atoms with Crippen molar-refractivity contribution in [1.82, 2.24) is 0 Å². The van der Waals surface area contributed by atoms with Crippen molar-refractivity contribution in [3.05, 3.63) is 87.9 Å². The molecule has 1 N–H and O–H groups in total. The Kier molecular flexibility index (Phi) is 8.21. The molecular formula is C31H32ClNO6. The molecule has 1 atom stereocenters. The van der Waals surface area contributed by atoms with E-state index in [-0.39, 0.29) is 33.8 Å². The van der Waals surface area contributed by atoms with Gasteiger partial charge in [-0.15, -0.1) is 0 Å². The Morgan fingerprint density at radius 1 is 0.897 bits per heavy atom. The van der Waals surface area contributed by atoms with Crippen LogP contribution in [0.1, 0.15) is 56.3 Å². The number of halogens is 1. The quantitative estimate of drug-likeness (QED) is 0.187. The molecule has 3 aromatic rings. The van der Waals surface area contributed by atoms with Crippen LogP contribution in [0.5, 0.6) is 17.2 Å². The number of Topliss-reactive ketones (excluding diaryl/α,β-unsaturated/α-hetero) is 1. The largest absolute Gasteiger partial charge is 0.507 e. The molecule has 0 saturated carbocycles. The van der Waals surface area contributed by atoms with Crippen LogP contribution >= 0.6 is 11.6 Å². The number of aliphatic hydroxyl groups excluding tert-OH is 1. The Morgan fingerprint density at radius 2 is 1.51 bits per heavy atom. The molecule has 3 aromatic carbocycles. The number of rotatable bonds is 8. The minimum atomic E-state index is -0.908. The monoisotopic (exact) mass is 549 g/mol. The summed E-state index contributed by atoms with van der Waals surface area (Å²) in [5.74, 6) is -0.504. The highest BCUT2D eigenvalue weighted by Crippen LogP contribution is 2.45. The van der Waals surface area contributed by atoms with E-state index in [2.05, 4.69) is 13.8 Å². The van der Waals surface area contributed by atoms with E-state index in [0.717, 1.165) is 5.56 Å². The summed E-state index contributed by atoms with van der Waals surface area (Å²) in [5, 5.41) is 11.9. The summed E-state index contributed by atoms with van der Waals surface area (Å²) in [5.41, 5.74) is 2.36. The van der Waals surface area contributed by atoms with Gasteiger partial charge >= 0.3 is 0 Å². The molecule has 4 rings (SSSR count). The van der Waals surface area contributed by atoms with E-state index in [4.69, 9.17) is 25.8 Å². The number of amides is 1. The van der Waals surface area contributed by atoms with Crippen molar-refractivity contribution in [3.63, 3.8) is 0 Å². The van der Waals surface area contributed by atoms with Crippen LogP contribution in [0.2, 0.25) is 5.02 Å². The number of anilines is 1. The second-order valence-corrected chi connectivity index (χ2v) is 10.2. The number of hydrogen-bond acceptors (Lipinski definition) is 6. The summed E-state index contributed by atoms with van der Waals surface area (Å²) < 4.78 is 16.6. The highest BCUT2D eigenvalue weighted by atomic mass is 35.5. The van der Waals surface area contributed by atoms with Crippen LogP contribution < -0.4 is 19.1 Å². The van der Waals surface area contributed by atoms with E-state index < -0.39 is 23.5 Å². The number of carbonyl (C=O) groups excluding carboxylic acids is 2. The van der Waals surface area contributed by atoms with Gasteiger partial charge in [-0.25, -0.2) is 0 Å². The Hall–Kier alpha value is -3.97. The fraction of sp³-hybridized carbons (Fsp3) is 0.290. The first-order valence-corrected chi connectivity index (χ1v) is 13.0. The molecule has 1 amide bonds. The van der Waals surface area contributed by atoms with Gasteiger partial charge in [-0.2, -0.15) is 0 Å². The van der Waals surface area contributed by atoms with Gasteiger partial charge in [0.1, 0.15) is 23.0 Å². The standard InChI is InChI=1S/C31H32ClNO6/c1-17(2)19-7-11-21(12-8-19)33-28(20-9-13-22(14-10-20)39-18(3)4)27(30(35)31(33)36)29(34)23-15-26(38-6)24(32)16-25(23)37-5/h7-18,28,34H,1-6H3/b29-27+. The van der Waals surface area contributed by atoms with Gasteiger partial charge in [0.05, 0.1) is 42.5 Å². The normalized spacial score (nSPS) is 16.7. The maximum absolute atomic E-state index is 13.6. The SMILES string of the molecule is COc1cc(/C(O)=C2\C(=O)C(=O)N(c3ccc(C(C)C)cc3)C2c2ccc(OC(C)C)cc2)c(OC)cc1Cl. The van der Waals surface area contributed by atoms with Gasteiger partial charge in [0.15, 0.2) is 0 Å². The number of carbonyl (C=O) groups is 2. The van der Waals surface area contributed by atoms with Crippen molar-refractivity contribution in [3.8, 4) is 17.2 Å². The summed E-state index contributed by atoms with van der Waals surface area (Å²) in [6.45, 7) is 8.01. The third-order valence-electron chi connectivity index (χ3n) is 6.58. The van der Waals surface area contributed by atoms with Crippen LogP contribution in [0.3, 0.4) is 0 Å². The zero-order chi connectivity index (χ0) is 28.4. The maximum Gasteiger partial charge on any atom is 0.300 e. The molecule has 1 heterocycles. The first-order valence-electron chi connectivity index (χ1n) is 12.7. The summed E-state index contributed by atoms with van der Waals surface area (Å²) in [6.07, 6.45) is -0.0201. The molecule has 8 heteroatoms. The molecule has 1 aliphatic rings. The van der Waals surface area contributed by atoms with E-state index in [1.165, 1.54) is 31.3 Å². The average Bonchev–Trinajstić information content (AvgIpc) is 3.18. The number of ketones is 1. The number of nitrogens with zero attached hydrogens (tertiary/aromatic N) is 1. The first kappa shape index (κ1) is 28.0. The predicted molar refractivity (Wildman–Crippen MR) is 152 cm³/mol. The smallest absolute Gasteiger partial charge is 0.300 e. The lowest BCUT2D eigenvalue weighted by molar-refractivity contribution is -0.132. The second kappa shape index (κ2) is 11.4. The molecule has 0 aliphatic carbocycles. The third-order valence-corrected chi connectivity index (χ3v) is 6.87. The van der Waals surface area contributed by atoms with E-state index in [0.29, 0.717) is 22.9 Å². The van der Waals surface area contributed by atoms with Crippen LogP contribution in [-0.4, -0.2) is 37.1 Å². The van der Waals surface area contributed by atoms with Gasteiger partial charge in [-0.1, -0.05) is 49.7 Å². The fourth-order valence-corrected chi connectivity index (χ4v) is 4.86. The van der Waals surface area contributed by atoms with Crippen molar-refractivity contribution in [1.29, 1.82) is 0 Å². The summed E-state index contributed by atoms with van der Waals surface area (Å²) in [4.78, 5) is 28.5. The van der Waals surface area contributed by atoms with Crippen molar-refractivity contribution >= 4 is 34.7 Å². The fourth-order valence-electron chi connectivity index (χ4n) is 4.63. The highest BCUT2D eigenvalue weighted by molar-refractivity contribution is 6.51. The van der Waals surface area contributed by atoms with Crippen LogP contribution in [-0.2, 0) is 9.59 Å². The van der Waals surface area contributed by atoms with Gasteiger partial charge in [-0.3, -0.25) is 14.5 Å². The lowest BCUT2D eigenvalue weighted by Crippen LogP contribution is -2.29. The summed E-state index contributed by atoms with van der Waals surface area (Å²) >= 11 is 6.27. The van der Waals surface area contributed by atoms with Gasteiger partial charge in [0.2, 0.25) is 0 Å². The summed E-state index contributed by atoms with van der Waals surface area (Å²) in [6, 6.07) is 16.7. The third kappa shape index (κ3) is 5.45. The average molecular weight is 550 g/mol. The van der Waals surface area contributed by atoms with Gasteiger partial charge in [0, 0.05) is 11.8 Å². The Morgan fingerprint density at radius 3 is 2.05 bits per heavy atom. The zero-order valence-corrected chi connectivity index (χ0v) is 23.6. The van der Waals surface area contributed by atoms with Crippen molar-refractivity contribution in [2.24, 2.45) is 0 Å². The second-order valence-electron chi connectivity index (χ2n) is 9.84. The van der Waals surface area contributed by atoms with E-state index >= 15 is 0 Å². The predicted octanol–water partition coefficient (Wildman–Crippen LogP) is 6.89. The first-order chi connectivity index (χ1) is 18.6. The summed E-state index contributed by atoms with van der Waals surface area (Å²) in [7, 11) is 2.87. The Labute approximate surface area is 233 Å². The van der Waals surface area contributed by atoms with Crippen molar-refractivity contribution in [2.75, 3.05) is 19.1 Å². The Bertz CT molecular complexity index is 1410. The molecule has 39 heavy (non-hydrogen) atoms. The molecule has 1 saturated heterocycles. The van der Waals surface area contributed by atoms with Gasteiger partial charge in [0.25, 0.3) is 11.7 Å². The van der Waals surface area contributed by atoms with Crippen molar-refractivity contribution in [2.45, 2.75) is 45.8 Å². The van der Waals surface area contributed by atoms with Crippen molar-refractivity contribution < 1.29 is 28.9 Å². The van der Waals surface area contributed by atoms with Crippen LogP contribution in [0, 0.1) is 0 Å². The number of methoxy groups -OCH3 is 2. The molecule has 1 fully saturated rings. The number of hydrogen-bond donors (Lipinski definition) is 1. The molecule has 1 aliphatic heterocycles. The number of benzene rings is 3. The molecule has 204 valence electrons. The molecule has 0 bridgehead atoms. The van der Waals surface area contributed by atoms with Gasteiger partial charge < -0.3 is 19.3 Å². The van der Waals surface area contributed by atoms with Crippen LogP contribution in [0.25, 0.3) is 5.76 Å². The number of ether oxygens (including phenoxy) is 3. The molecule has 7 nitrogen and oxygen atoms in total. The van der Waals surface area contributed by atoms with Crippen LogP contribution in [0.4, 0.5) is 5.69 Å². The van der Waals surface area contributed by atoms with Crippen LogP contribution in [0.15, 0.2) is 66.2 Å². The number of aliphatic hydroxyl groups is 1. The van der Waals surface area contributed by atoms with E-state index in [9.17, 15) is 14.7 Å². The lowest BCUT2D eigenvalue weighted by atomic mass is 9.94. The maximum atomic E-state index is 13.6. The Balaban J connectivity index is 1.94. The highest BCUT2D eigenvalue weighted by Gasteiger charge is 2.47. The molecule has 1 unspecified atom stereocenters. The topological polar surface area (TPSA) is 85.3 Å². The minimum absolute atomic E-state index is 0.0201. The molecule has 0 spiro atoms. The lowest BCUT2D eigenvalue weighted by Gasteiger charge is -2.26. The molecule has 0 aromatic heterocycles. The minimum Gasteiger partial charge on any atom is -0.507 e. The van der Waals surface area contributed by atoms with E-state index in [1.807, 2.05) is 38.1 Å². The van der Waals surface area contributed by atoms with E-state index in [1.54, 1.807) is 24.3 Å². The van der Waals surface area contributed by atoms with Gasteiger partial charge in [-0.05, 0) is 61.2 Å². The molecule has 0 radical (unpaired) electrons. The molecular weight excluding hydrogens is 518 g/mol. The zero-order valence-electron chi connectivity index (χ0n) is 22.8.